The van der Waals surface area contributed by atoms with Gasteiger partial charge in [0.1, 0.15) is 5.82 Å². The van der Waals surface area contributed by atoms with E-state index in [1.54, 1.807) is 36.9 Å². The van der Waals surface area contributed by atoms with Gasteiger partial charge in [-0.2, -0.15) is 0 Å². The Morgan fingerprint density at radius 2 is 2.10 bits per heavy atom. The lowest BCUT2D eigenvalue weighted by Crippen LogP contribution is -2.38. The van der Waals surface area contributed by atoms with Gasteiger partial charge >= 0.3 is 5.97 Å². The third-order valence-electron chi connectivity index (χ3n) is 4.98. The molecule has 1 amide bonds. The fraction of sp³-hybridized carbons (Fsp3) is 0.381. The molecule has 0 aromatic heterocycles. The Kier molecular flexibility index (Phi) is 5.45. The highest BCUT2D eigenvalue weighted by molar-refractivity contribution is 8.16. The van der Waals surface area contributed by atoms with Gasteiger partial charge in [-0.05, 0) is 38.2 Å². The molecule has 1 N–H and O–H groups in total. The van der Waals surface area contributed by atoms with Crippen LogP contribution in [0.5, 0.6) is 0 Å². The summed E-state index contributed by atoms with van der Waals surface area (Å²) in [6, 6.07) is 5.87. The summed E-state index contributed by atoms with van der Waals surface area (Å²) >= 11 is 1.37. The first-order valence-corrected chi connectivity index (χ1v) is 10.5. The van der Waals surface area contributed by atoms with Crippen LogP contribution in [0.4, 0.5) is 4.39 Å². The fourth-order valence-corrected chi connectivity index (χ4v) is 4.47. The molecule has 0 spiro atoms. The molecule has 1 aromatic carbocycles. The van der Waals surface area contributed by atoms with Crippen LogP contribution in [0.3, 0.4) is 0 Å². The van der Waals surface area contributed by atoms with Crippen molar-refractivity contribution in [2.24, 2.45) is 4.99 Å². The molecule has 29 heavy (non-hydrogen) atoms. The van der Waals surface area contributed by atoms with E-state index in [9.17, 15) is 14.0 Å². The zero-order valence-corrected chi connectivity index (χ0v) is 17.1. The van der Waals surface area contributed by atoms with Crippen LogP contribution in [0.15, 0.2) is 51.6 Å². The maximum atomic E-state index is 14.8. The topological polar surface area (TPSA) is 71.0 Å². The zero-order chi connectivity index (χ0) is 20.5. The average molecular weight is 415 g/mol. The number of hydrogen-bond donors (Lipinski definition) is 1. The summed E-state index contributed by atoms with van der Waals surface area (Å²) in [6.45, 7) is 3.66. The van der Waals surface area contributed by atoms with Crippen molar-refractivity contribution in [3.63, 3.8) is 0 Å². The molecule has 1 saturated carbocycles. The summed E-state index contributed by atoms with van der Waals surface area (Å²) in [6.07, 6.45) is 2.15. The van der Waals surface area contributed by atoms with Gasteiger partial charge < -0.3 is 15.0 Å². The lowest BCUT2D eigenvalue weighted by Gasteiger charge is -2.36. The highest BCUT2D eigenvalue weighted by Crippen LogP contribution is 2.45. The number of hydrogen-bond acceptors (Lipinski definition) is 6. The lowest BCUT2D eigenvalue weighted by molar-refractivity contribution is -0.139. The number of halogens is 1. The Morgan fingerprint density at radius 3 is 2.79 bits per heavy atom. The molecule has 2 heterocycles. The number of nitrogens with one attached hydrogen (secondary N) is 1. The Labute approximate surface area is 172 Å². The first kappa shape index (κ1) is 19.7. The van der Waals surface area contributed by atoms with E-state index in [0.717, 1.165) is 12.8 Å². The van der Waals surface area contributed by atoms with E-state index in [-0.39, 0.29) is 30.5 Å². The van der Waals surface area contributed by atoms with Gasteiger partial charge in [-0.1, -0.05) is 30.0 Å². The minimum absolute atomic E-state index is 0.0863. The van der Waals surface area contributed by atoms with Gasteiger partial charge in [0.15, 0.2) is 5.17 Å². The van der Waals surface area contributed by atoms with E-state index < -0.39 is 17.8 Å². The van der Waals surface area contributed by atoms with Crippen molar-refractivity contribution in [2.75, 3.05) is 6.61 Å². The standard InChI is InChI=1S/C21H22FN3O3S/c1-3-28-20(27)18-12(2)23-21-25(19(18)15-6-4-5-7-16(15)22)14(11-29-21)10-17(26)24-13-8-9-13/h4-7,11,13,19H,3,8-10H2,1-2H3,(H,24,26)/t19-/m0/s1. The Balaban J connectivity index is 1.73. The van der Waals surface area contributed by atoms with Crippen molar-refractivity contribution in [1.29, 1.82) is 0 Å². The molecule has 0 bridgehead atoms. The number of esters is 1. The van der Waals surface area contributed by atoms with E-state index >= 15 is 0 Å². The van der Waals surface area contributed by atoms with Crippen LogP contribution in [0, 0.1) is 5.82 Å². The molecule has 8 heteroatoms. The highest BCUT2D eigenvalue weighted by Gasteiger charge is 2.42. The summed E-state index contributed by atoms with van der Waals surface area (Å²) < 4.78 is 20.1. The van der Waals surface area contributed by atoms with Gasteiger partial charge in [0.2, 0.25) is 5.91 Å². The molecule has 1 aliphatic carbocycles. The lowest BCUT2D eigenvalue weighted by atomic mass is 9.93. The molecule has 4 rings (SSSR count). The molecule has 1 aromatic rings. The van der Waals surface area contributed by atoms with Crippen LogP contribution in [0.25, 0.3) is 0 Å². The smallest absolute Gasteiger partial charge is 0.338 e. The minimum Gasteiger partial charge on any atom is -0.463 e. The molecule has 0 unspecified atom stereocenters. The second kappa shape index (κ2) is 8.02. The number of aliphatic imine (C=N–C) groups is 1. The number of amides is 1. The van der Waals surface area contributed by atoms with Gasteiger partial charge in [0.25, 0.3) is 0 Å². The maximum absolute atomic E-state index is 14.8. The molecule has 1 atom stereocenters. The number of rotatable bonds is 6. The number of carbonyl (C=O) groups excluding carboxylic acids is 2. The van der Waals surface area contributed by atoms with Crippen LogP contribution in [-0.2, 0) is 14.3 Å². The predicted molar refractivity (Wildman–Crippen MR) is 109 cm³/mol. The third kappa shape index (κ3) is 3.94. The van der Waals surface area contributed by atoms with E-state index in [1.807, 2.05) is 5.41 Å². The minimum atomic E-state index is -0.738. The van der Waals surface area contributed by atoms with E-state index in [4.69, 9.17) is 4.74 Å². The summed E-state index contributed by atoms with van der Waals surface area (Å²) in [7, 11) is 0. The molecule has 3 aliphatic rings. The number of allylic oxidation sites excluding steroid dienone is 1. The Hall–Kier alpha value is -2.61. The normalized spacial score (nSPS) is 20.8. The van der Waals surface area contributed by atoms with Crippen LogP contribution < -0.4 is 5.32 Å². The molecular weight excluding hydrogens is 393 g/mol. The van der Waals surface area contributed by atoms with Gasteiger partial charge in [-0.25, -0.2) is 14.2 Å². The largest absolute Gasteiger partial charge is 0.463 e. The SMILES string of the molecule is CCOC(=O)C1=C(C)N=C2SC=C(CC(=O)NC3CC3)N2[C@H]1c1ccccc1F. The van der Waals surface area contributed by atoms with Crippen molar-refractivity contribution in [3.05, 3.63) is 58.0 Å². The number of benzene rings is 1. The molecule has 152 valence electrons. The molecule has 0 radical (unpaired) electrons. The van der Waals surface area contributed by atoms with Gasteiger partial charge in [0, 0.05) is 17.3 Å². The molecule has 2 aliphatic heterocycles. The quantitative estimate of drug-likeness (QED) is 0.719. The number of fused-ring (bicyclic) bond motifs is 1. The third-order valence-corrected chi connectivity index (χ3v) is 5.87. The van der Waals surface area contributed by atoms with Crippen LogP contribution in [0.2, 0.25) is 0 Å². The van der Waals surface area contributed by atoms with Gasteiger partial charge in [0.05, 0.1) is 30.3 Å². The molecular formula is C21H22FN3O3S. The number of ether oxygens (including phenoxy) is 1. The van der Waals surface area contributed by atoms with Crippen molar-refractivity contribution in [3.8, 4) is 0 Å². The fourth-order valence-electron chi connectivity index (χ4n) is 3.50. The van der Waals surface area contributed by atoms with E-state index in [0.29, 0.717) is 22.1 Å². The van der Waals surface area contributed by atoms with Crippen molar-refractivity contribution >= 4 is 28.8 Å². The van der Waals surface area contributed by atoms with Crippen LogP contribution in [0.1, 0.15) is 44.7 Å². The highest BCUT2D eigenvalue weighted by atomic mass is 32.2. The number of carbonyl (C=O) groups is 2. The Morgan fingerprint density at radius 1 is 1.34 bits per heavy atom. The number of amidine groups is 1. The summed E-state index contributed by atoms with van der Waals surface area (Å²) in [4.78, 5) is 31.5. The monoisotopic (exact) mass is 415 g/mol. The van der Waals surface area contributed by atoms with Crippen molar-refractivity contribution < 1.29 is 18.7 Å². The molecule has 0 saturated heterocycles. The molecule has 6 nitrogen and oxygen atoms in total. The predicted octanol–water partition coefficient (Wildman–Crippen LogP) is 3.63. The first-order valence-electron chi connectivity index (χ1n) is 9.65. The van der Waals surface area contributed by atoms with E-state index in [1.165, 1.54) is 17.8 Å². The van der Waals surface area contributed by atoms with E-state index in [2.05, 4.69) is 10.3 Å². The van der Waals surface area contributed by atoms with Crippen molar-refractivity contribution in [2.45, 2.75) is 45.2 Å². The second-order valence-electron chi connectivity index (χ2n) is 7.15. The summed E-state index contributed by atoms with van der Waals surface area (Å²) in [5.41, 5.74) is 1.82. The first-order chi connectivity index (χ1) is 14.0. The van der Waals surface area contributed by atoms with Gasteiger partial charge in [-0.15, -0.1) is 0 Å². The summed E-state index contributed by atoms with van der Waals surface area (Å²) in [5.74, 6) is -1.04. The van der Waals surface area contributed by atoms with Crippen molar-refractivity contribution in [1.82, 2.24) is 10.2 Å². The maximum Gasteiger partial charge on any atom is 0.338 e. The molecule has 1 fully saturated rings. The summed E-state index contributed by atoms with van der Waals surface area (Å²) in [5, 5.41) is 5.44. The van der Waals surface area contributed by atoms with Gasteiger partial charge in [-0.3, -0.25) is 4.79 Å². The number of nitrogens with zero attached hydrogens (tertiary/aromatic N) is 2. The Bertz CT molecular complexity index is 952. The van der Waals surface area contributed by atoms with Crippen LogP contribution >= 0.6 is 11.8 Å². The zero-order valence-electron chi connectivity index (χ0n) is 16.3. The average Bonchev–Trinajstić information content (AvgIpc) is 3.41. The van der Waals surface area contributed by atoms with Crippen LogP contribution in [-0.4, -0.2) is 34.6 Å². The second-order valence-corrected chi connectivity index (χ2v) is 7.99. The number of thioether (sulfide) groups is 1.